The van der Waals surface area contributed by atoms with E-state index in [1.165, 1.54) is 11.1 Å². The van der Waals surface area contributed by atoms with Gasteiger partial charge in [0.05, 0.1) is 30.5 Å². The Balaban J connectivity index is 1.52. The Kier molecular flexibility index (Phi) is 2.95. The van der Waals surface area contributed by atoms with E-state index in [1.807, 2.05) is 49.8 Å². The number of carbonyl (C=O) groups excluding carboxylic acids is 1. The van der Waals surface area contributed by atoms with Crippen molar-refractivity contribution in [3.63, 3.8) is 0 Å². The van der Waals surface area contributed by atoms with E-state index >= 15 is 0 Å². The molecule has 5 rings (SSSR count). The quantitative estimate of drug-likeness (QED) is 0.508. The van der Waals surface area contributed by atoms with Gasteiger partial charge in [-0.25, -0.2) is 4.98 Å². The molecule has 0 spiro atoms. The van der Waals surface area contributed by atoms with Gasteiger partial charge in [0.2, 0.25) is 0 Å². The van der Waals surface area contributed by atoms with Gasteiger partial charge in [0.25, 0.3) is 0 Å². The Morgan fingerprint density at radius 2 is 2.12 bits per heavy atom. The van der Waals surface area contributed by atoms with Crippen LogP contribution < -0.4 is 0 Å². The van der Waals surface area contributed by atoms with Crippen molar-refractivity contribution in [2.45, 2.75) is 19.4 Å². The molecular weight excluding hydrogens is 312 g/mol. The van der Waals surface area contributed by atoms with Crippen LogP contribution in [-0.4, -0.2) is 15.3 Å². The molecule has 1 unspecified atom stereocenters. The van der Waals surface area contributed by atoms with Crippen molar-refractivity contribution in [2.75, 3.05) is 0 Å². The van der Waals surface area contributed by atoms with Crippen LogP contribution in [-0.2, 0) is 0 Å². The zero-order valence-electron chi connectivity index (χ0n) is 13.8. The van der Waals surface area contributed by atoms with Gasteiger partial charge < -0.3 is 8.98 Å². The standard InChI is InChI=1S/C21H16N2O2/c1-13-11-25-21-7-6-14(8-17(13)21)20(24)9-18-15-4-2-3-5-16(15)19-10-22-12-23(18)19/h2-8,10-12,18H,9H2,1H3. The first-order valence-corrected chi connectivity index (χ1v) is 8.34. The number of furan rings is 1. The second kappa shape index (κ2) is 5.18. The van der Waals surface area contributed by atoms with Gasteiger partial charge in [-0.3, -0.25) is 4.79 Å². The van der Waals surface area contributed by atoms with Gasteiger partial charge >= 0.3 is 0 Å². The summed E-state index contributed by atoms with van der Waals surface area (Å²) in [6.07, 6.45) is 5.83. The van der Waals surface area contributed by atoms with Crippen LogP contribution >= 0.6 is 0 Å². The summed E-state index contributed by atoms with van der Waals surface area (Å²) in [4.78, 5) is 17.2. The van der Waals surface area contributed by atoms with Crippen molar-refractivity contribution in [1.82, 2.24) is 9.55 Å². The number of rotatable bonds is 3. The first kappa shape index (κ1) is 14.2. The topological polar surface area (TPSA) is 48.0 Å². The molecule has 0 saturated heterocycles. The molecule has 25 heavy (non-hydrogen) atoms. The molecule has 122 valence electrons. The summed E-state index contributed by atoms with van der Waals surface area (Å²) in [5, 5.41) is 1.00. The van der Waals surface area contributed by atoms with Crippen molar-refractivity contribution < 1.29 is 9.21 Å². The molecule has 0 saturated carbocycles. The summed E-state index contributed by atoms with van der Waals surface area (Å²) >= 11 is 0. The molecule has 4 heteroatoms. The number of aromatic nitrogens is 2. The monoisotopic (exact) mass is 328 g/mol. The molecule has 1 atom stereocenters. The van der Waals surface area contributed by atoms with Crippen molar-refractivity contribution in [2.24, 2.45) is 0 Å². The molecule has 1 aliphatic heterocycles. The van der Waals surface area contributed by atoms with Crippen LogP contribution in [0.5, 0.6) is 0 Å². The SMILES string of the molecule is Cc1coc2ccc(C(=O)CC3c4ccccc4-c4cncn43)cc12. The Morgan fingerprint density at radius 1 is 1.24 bits per heavy atom. The normalized spacial score (nSPS) is 15.3. The van der Waals surface area contributed by atoms with Crippen molar-refractivity contribution >= 4 is 16.8 Å². The lowest BCUT2D eigenvalue weighted by atomic mass is 9.96. The van der Waals surface area contributed by atoms with E-state index in [9.17, 15) is 4.79 Å². The number of carbonyl (C=O) groups is 1. The van der Waals surface area contributed by atoms with Gasteiger partial charge in [-0.2, -0.15) is 0 Å². The van der Waals surface area contributed by atoms with E-state index < -0.39 is 0 Å². The first-order chi connectivity index (χ1) is 12.2. The molecule has 2 aromatic carbocycles. The summed E-state index contributed by atoms with van der Waals surface area (Å²) in [5.41, 5.74) is 6.02. The van der Waals surface area contributed by atoms with E-state index in [0.29, 0.717) is 6.42 Å². The van der Waals surface area contributed by atoms with Crippen LogP contribution in [0, 0.1) is 6.92 Å². The highest BCUT2D eigenvalue weighted by Crippen LogP contribution is 2.41. The van der Waals surface area contributed by atoms with E-state index in [2.05, 4.69) is 21.7 Å². The number of ketones is 1. The highest BCUT2D eigenvalue weighted by molar-refractivity contribution is 6.00. The maximum Gasteiger partial charge on any atom is 0.165 e. The molecule has 4 nitrogen and oxygen atoms in total. The van der Waals surface area contributed by atoms with Gasteiger partial charge in [-0.1, -0.05) is 24.3 Å². The number of imidazole rings is 1. The lowest BCUT2D eigenvalue weighted by molar-refractivity contribution is 0.0970. The van der Waals surface area contributed by atoms with Crippen LogP contribution in [0.4, 0.5) is 0 Å². The Bertz CT molecular complexity index is 1120. The summed E-state index contributed by atoms with van der Waals surface area (Å²) in [5.74, 6) is 0.129. The first-order valence-electron chi connectivity index (χ1n) is 8.34. The number of hydrogen-bond donors (Lipinski definition) is 0. The smallest absolute Gasteiger partial charge is 0.165 e. The molecule has 0 radical (unpaired) electrons. The van der Waals surface area contributed by atoms with Gasteiger partial charge in [0.15, 0.2) is 5.78 Å². The fraction of sp³-hybridized carbons (Fsp3) is 0.143. The molecule has 2 aromatic heterocycles. The summed E-state index contributed by atoms with van der Waals surface area (Å²) in [6.45, 7) is 1.99. The average molecular weight is 328 g/mol. The summed E-state index contributed by atoms with van der Waals surface area (Å²) < 4.78 is 7.58. The largest absolute Gasteiger partial charge is 0.464 e. The number of nitrogens with zero attached hydrogens (tertiary/aromatic N) is 2. The van der Waals surface area contributed by atoms with Gasteiger partial charge in [-0.05, 0) is 36.2 Å². The van der Waals surface area contributed by atoms with E-state index in [0.717, 1.165) is 27.8 Å². The highest BCUT2D eigenvalue weighted by Gasteiger charge is 2.30. The minimum Gasteiger partial charge on any atom is -0.464 e. The molecule has 0 aliphatic carbocycles. The Labute approximate surface area is 144 Å². The van der Waals surface area contributed by atoms with Gasteiger partial charge in [-0.15, -0.1) is 0 Å². The van der Waals surface area contributed by atoms with Crippen LogP contribution in [0.25, 0.3) is 22.2 Å². The fourth-order valence-corrected chi connectivity index (χ4v) is 3.76. The lowest BCUT2D eigenvalue weighted by Crippen LogP contribution is -2.11. The average Bonchev–Trinajstić information content (AvgIpc) is 3.32. The zero-order chi connectivity index (χ0) is 17.0. The molecule has 0 amide bonds. The van der Waals surface area contributed by atoms with Crippen molar-refractivity contribution in [3.05, 3.63) is 77.9 Å². The second-order valence-corrected chi connectivity index (χ2v) is 6.55. The van der Waals surface area contributed by atoms with E-state index in [4.69, 9.17) is 4.42 Å². The molecule has 3 heterocycles. The number of fused-ring (bicyclic) bond motifs is 4. The predicted molar refractivity (Wildman–Crippen MR) is 95.7 cm³/mol. The summed E-state index contributed by atoms with van der Waals surface area (Å²) in [6, 6.07) is 13.9. The molecule has 0 N–H and O–H groups in total. The molecule has 4 aromatic rings. The van der Waals surface area contributed by atoms with Crippen LogP contribution in [0.3, 0.4) is 0 Å². The van der Waals surface area contributed by atoms with Crippen LogP contribution in [0.2, 0.25) is 0 Å². The van der Waals surface area contributed by atoms with E-state index in [-0.39, 0.29) is 11.8 Å². The zero-order valence-corrected chi connectivity index (χ0v) is 13.8. The fourth-order valence-electron chi connectivity index (χ4n) is 3.76. The Hall–Kier alpha value is -3.14. The third-order valence-corrected chi connectivity index (χ3v) is 5.07. The third kappa shape index (κ3) is 2.07. The highest BCUT2D eigenvalue weighted by atomic mass is 16.3. The van der Waals surface area contributed by atoms with Gasteiger partial charge in [0.1, 0.15) is 5.58 Å². The molecule has 0 fully saturated rings. The minimum atomic E-state index is 0.00217. The summed E-state index contributed by atoms with van der Waals surface area (Å²) in [7, 11) is 0. The number of hydrogen-bond acceptors (Lipinski definition) is 3. The maximum atomic E-state index is 13.0. The molecular formula is C21H16N2O2. The molecule has 1 aliphatic rings. The van der Waals surface area contributed by atoms with E-state index in [1.54, 1.807) is 6.26 Å². The number of benzene rings is 2. The second-order valence-electron chi connectivity index (χ2n) is 6.55. The molecule has 0 bridgehead atoms. The Morgan fingerprint density at radius 3 is 3.04 bits per heavy atom. The predicted octanol–water partition coefficient (Wildman–Crippen LogP) is 4.78. The third-order valence-electron chi connectivity index (χ3n) is 5.07. The minimum absolute atomic E-state index is 0.00217. The van der Waals surface area contributed by atoms with Crippen LogP contribution in [0.15, 0.2) is 65.7 Å². The number of aryl methyl sites for hydroxylation is 1. The number of Topliss-reactive ketones (excluding diaryl/α,β-unsaturated/α-hetero) is 1. The van der Waals surface area contributed by atoms with Crippen LogP contribution in [0.1, 0.15) is 33.9 Å². The lowest BCUT2D eigenvalue weighted by Gasteiger charge is -2.14. The van der Waals surface area contributed by atoms with Crippen molar-refractivity contribution in [3.8, 4) is 11.3 Å². The van der Waals surface area contributed by atoms with Crippen molar-refractivity contribution in [1.29, 1.82) is 0 Å². The van der Waals surface area contributed by atoms with Gasteiger partial charge in [0, 0.05) is 22.9 Å². The maximum absolute atomic E-state index is 13.0.